The van der Waals surface area contributed by atoms with Gasteiger partial charge in [-0.3, -0.25) is 4.79 Å². The molecular formula is C16H18F3NO3S. The molecule has 1 aromatic carbocycles. The van der Waals surface area contributed by atoms with Gasteiger partial charge in [0, 0.05) is 12.0 Å². The highest BCUT2D eigenvalue weighted by molar-refractivity contribution is 7.99. The lowest BCUT2D eigenvalue weighted by Gasteiger charge is -2.33. The van der Waals surface area contributed by atoms with Crippen molar-refractivity contribution >= 4 is 23.6 Å². The van der Waals surface area contributed by atoms with E-state index in [0.29, 0.717) is 29.9 Å². The molecule has 1 amide bonds. The Balaban J connectivity index is 2.02. The van der Waals surface area contributed by atoms with E-state index in [2.05, 4.69) is 5.32 Å². The van der Waals surface area contributed by atoms with Gasteiger partial charge in [0.1, 0.15) is 5.54 Å². The van der Waals surface area contributed by atoms with E-state index in [1.54, 1.807) is 11.8 Å². The van der Waals surface area contributed by atoms with Gasteiger partial charge in [-0.15, -0.1) is 0 Å². The Morgan fingerprint density at radius 3 is 2.25 bits per heavy atom. The van der Waals surface area contributed by atoms with E-state index in [1.807, 2.05) is 0 Å². The zero-order valence-electron chi connectivity index (χ0n) is 12.9. The number of halogens is 3. The predicted octanol–water partition coefficient (Wildman–Crippen LogP) is 3.26. The van der Waals surface area contributed by atoms with Crippen LogP contribution in [0.25, 0.3) is 0 Å². The summed E-state index contributed by atoms with van der Waals surface area (Å²) in [4.78, 5) is 23.8. The standard InChI is InChI=1S/C16H18F3NO3S/c17-16(18,19)6-5-11-1-3-12(4-2-11)13(21)20-15(14(22)23)7-9-24-10-8-15/h1-4H,5-10H2,(H,20,21)(H,22,23). The topological polar surface area (TPSA) is 66.4 Å². The average molecular weight is 361 g/mol. The minimum absolute atomic E-state index is 0.151. The lowest BCUT2D eigenvalue weighted by atomic mass is 9.91. The molecule has 1 saturated heterocycles. The van der Waals surface area contributed by atoms with Crippen LogP contribution < -0.4 is 5.32 Å². The molecule has 1 aliphatic heterocycles. The van der Waals surface area contributed by atoms with E-state index in [4.69, 9.17) is 0 Å². The fraction of sp³-hybridized carbons (Fsp3) is 0.500. The number of alkyl halides is 3. The highest BCUT2D eigenvalue weighted by Gasteiger charge is 2.41. The first-order valence-electron chi connectivity index (χ1n) is 7.51. The Morgan fingerprint density at radius 2 is 1.75 bits per heavy atom. The van der Waals surface area contributed by atoms with E-state index < -0.39 is 30.0 Å². The van der Waals surface area contributed by atoms with E-state index in [9.17, 15) is 27.9 Å². The monoisotopic (exact) mass is 361 g/mol. The summed E-state index contributed by atoms with van der Waals surface area (Å²) < 4.78 is 36.6. The van der Waals surface area contributed by atoms with Crippen molar-refractivity contribution in [3.05, 3.63) is 35.4 Å². The third-order valence-electron chi connectivity index (χ3n) is 4.02. The number of aryl methyl sites for hydroxylation is 1. The zero-order valence-corrected chi connectivity index (χ0v) is 13.7. The molecule has 0 atom stereocenters. The Morgan fingerprint density at radius 1 is 1.17 bits per heavy atom. The van der Waals surface area contributed by atoms with Crippen LogP contribution in [0.2, 0.25) is 0 Å². The van der Waals surface area contributed by atoms with Crippen LogP contribution in [-0.4, -0.2) is 40.2 Å². The third-order valence-corrected chi connectivity index (χ3v) is 5.01. The highest BCUT2D eigenvalue weighted by Crippen LogP contribution is 2.28. The molecule has 4 nitrogen and oxygen atoms in total. The molecule has 0 bridgehead atoms. The van der Waals surface area contributed by atoms with Crippen LogP contribution in [0.15, 0.2) is 24.3 Å². The van der Waals surface area contributed by atoms with E-state index >= 15 is 0 Å². The molecular weight excluding hydrogens is 343 g/mol. The Hall–Kier alpha value is -1.70. The van der Waals surface area contributed by atoms with Gasteiger partial charge in [0.2, 0.25) is 0 Å². The number of carbonyl (C=O) groups is 2. The third kappa shape index (κ3) is 4.90. The first-order valence-corrected chi connectivity index (χ1v) is 8.67. The van der Waals surface area contributed by atoms with Crippen molar-refractivity contribution in [2.45, 2.75) is 37.4 Å². The van der Waals surface area contributed by atoms with Crippen LogP contribution in [0.5, 0.6) is 0 Å². The molecule has 0 aliphatic carbocycles. The lowest BCUT2D eigenvalue weighted by Crippen LogP contribution is -2.56. The van der Waals surface area contributed by atoms with E-state index in [0.717, 1.165) is 0 Å². The zero-order chi connectivity index (χ0) is 17.8. The van der Waals surface area contributed by atoms with Gasteiger partial charge in [-0.1, -0.05) is 12.1 Å². The van der Waals surface area contributed by atoms with Gasteiger partial charge in [0.15, 0.2) is 0 Å². The normalized spacial score (nSPS) is 17.3. The summed E-state index contributed by atoms with van der Waals surface area (Å²) in [5, 5.41) is 12.0. The van der Waals surface area contributed by atoms with Crippen molar-refractivity contribution in [1.29, 1.82) is 0 Å². The van der Waals surface area contributed by atoms with E-state index in [-0.39, 0.29) is 12.0 Å². The summed E-state index contributed by atoms with van der Waals surface area (Å²) in [5.74, 6) is -0.268. The van der Waals surface area contributed by atoms with Crippen LogP contribution in [0, 0.1) is 0 Å². The summed E-state index contributed by atoms with van der Waals surface area (Å²) in [6, 6.07) is 5.78. The number of nitrogens with one attached hydrogen (secondary N) is 1. The van der Waals surface area contributed by atoms with Gasteiger partial charge in [0.05, 0.1) is 0 Å². The molecule has 1 heterocycles. The summed E-state index contributed by atoms with van der Waals surface area (Å²) in [6.45, 7) is 0. The first-order chi connectivity index (χ1) is 11.2. The number of rotatable bonds is 5. The minimum Gasteiger partial charge on any atom is -0.480 e. The number of aliphatic carboxylic acids is 1. The first kappa shape index (κ1) is 18.6. The molecule has 2 N–H and O–H groups in total. The number of hydrogen-bond acceptors (Lipinski definition) is 3. The fourth-order valence-corrected chi connectivity index (χ4v) is 3.70. The second-order valence-electron chi connectivity index (χ2n) is 5.77. The van der Waals surface area contributed by atoms with Crippen LogP contribution in [-0.2, 0) is 11.2 Å². The molecule has 0 spiro atoms. The van der Waals surface area contributed by atoms with Gasteiger partial charge in [-0.05, 0) is 48.5 Å². The van der Waals surface area contributed by atoms with Crippen molar-refractivity contribution in [1.82, 2.24) is 5.32 Å². The van der Waals surface area contributed by atoms with Crippen molar-refractivity contribution in [3.8, 4) is 0 Å². The molecule has 132 valence electrons. The van der Waals surface area contributed by atoms with E-state index in [1.165, 1.54) is 24.3 Å². The molecule has 0 saturated carbocycles. The molecule has 1 aromatic rings. The summed E-state index contributed by atoms with van der Waals surface area (Å²) >= 11 is 1.64. The van der Waals surface area contributed by atoms with Crippen LogP contribution in [0.1, 0.15) is 35.2 Å². The maximum Gasteiger partial charge on any atom is 0.389 e. The van der Waals surface area contributed by atoms with Gasteiger partial charge >= 0.3 is 12.1 Å². The van der Waals surface area contributed by atoms with Crippen LogP contribution in [0.4, 0.5) is 13.2 Å². The van der Waals surface area contributed by atoms with Crippen LogP contribution in [0.3, 0.4) is 0 Å². The molecule has 0 radical (unpaired) electrons. The van der Waals surface area contributed by atoms with Crippen molar-refractivity contribution in [2.75, 3.05) is 11.5 Å². The molecule has 2 rings (SSSR count). The number of thioether (sulfide) groups is 1. The van der Waals surface area contributed by atoms with Gasteiger partial charge in [-0.25, -0.2) is 4.79 Å². The number of amides is 1. The second-order valence-corrected chi connectivity index (χ2v) is 6.99. The van der Waals surface area contributed by atoms with Gasteiger partial charge < -0.3 is 10.4 Å². The van der Waals surface area contributed by atoms with Gasteiger partial charge in [0.25, 0.3) is 5.91 Å². The quantitative estimate of drug-likeness (QED) is 0.845. The maximum absolute atomic E-state index is 12.3. The minimum atomic E-state index is -4.22. The summed E-state index contributed by atoms with van der Waals surface area (Å²) in [5.41, 5.74) is -0.549. The number of carboxylic acid groups (broad SMARTS) is 1. The lowest BCUT2D eigenvalue weighted by molar-refractivity contribution is -0.144. The molecule has 1 fully saturated rings. The molecule has 0 unspecified atom stereocenters. The average Bonchev–Trinajstić information content (AvgIpc) is 2.53. The summed E-state index contributed by atoms with van der Waals surface area (Å²) in [7, 11) is 0. The van der Waals surface area contributed by atoms with Crippen molar-refractivity contribution in [2.24, 2.45) is 0 Å². The molecule has 24 heavy (non-hydrogen) atoms. The molecule has 1 aliphatic rings. The molecule has 0 aromatic heterocycles. The van der Waals surface area contributed by atoms with Crippen LogP contribution >= 0.6 is 11.8 Å². The predicted molar refractivity (Wildman–Crippen MR) is 85.2 cm³/mol. The van der Waals surface area contributed by atoms with Gasteiger partial charge in [-0.2, -0.15) is 24.9 Å². The molecule has 8 heteroatoms. The highest BCUT2D eigenvalue weighted by atomic mass is 32.2. The number of hydrogen-bond donors (Lipinski definition) is 2. The second kappa shape index (κ2) is 7.46. The SMILES string of the molecule is O=C(NC1(C(=O)O)CCSCC1)c1ccc(CCC(F)(F)F)cc1. The van der Waals surface area contributed by atoms with Crippen molar-refractivity contribution in [3.63, 3.8) is 0 Å². The summed E-state index contributed by atoms with van der Waals surface area (Å²) in [6.07, 6.45) is -4.59. The smallest absolute Gasteiger partial charge is 0.389 e. The fourth-order valence-electron chi connectivity index (χ4n) is 2.51. The van der Waals surface area contributed by atoms with Crippen molar-refractivity contribution < 1.29 is 27.9 Å². The number of carboxylic acids is 1. The Bertz CT molecular complexity index is 596. The Kier molecular flexibility index (Phi) is 5.79. The maximum atomic E-state index is 12.3. The number of benzene rings is 1. The number of carbonyl (C=O) groups excluding carboxylic acids is 1. The Labute approximate surface area is 141 Å². The largest absolute Gasteiger partial charge is 0.480 e.